The summed E-state index contributed by atoms with van der Waals surface area (Å²) < 4.78 is 38.2. The molecule has 36 heavy (non-hydrogen) atoms. The summed E-state index contributed by atoms with van der Waals surface area (Å²) in [5.74, 6) is -0.573. The Hall–Kier alpha value is -3.17. The third-order valence-corrected chi connectivity index (χ3v) is 7.13. The van der Waals surface area contributed by atoms with E-state index in [1.807, 2.05) is 56.3 Å². The quantitative estimate of drug-likeness (QED) is 0.226. The highest BCUT2D eigenvalue weighted by atomic mass is 32.2. The number of aromatic nitrogens is 1. The Labute approximate surface area is 212 Å². The highest BCUT2D eigenvalue weighted by Crippen LogP contribution is 2.40. The summed E-state index contributed by atoms with van der Waals surface area (Å²) in [4.78, 5) is 32.7. The highest BCUT2D eigenvalue weighted by Gasteiger charge is 2.50. The number of hydrogen-bond acceptors (Lipinski definition) is 6. The van der Waals surface area contributed by atoms with E-state index in [2.05, 4.69) is 9.88 Å². The zero-order valence-electron chi connectivity index (χ0n) is 19.9. The van der Waals surface area contributed by atoms with Crippen molar-refractivity contribution in [2.75, 3.05) is 11.6 Å². The molecule has 0 spiro atoms. The SMILES string of the molecule is CC1(C)C(C(=O)C=O)N(c2ccc(SC(F)(F)F)cc2)CN1Cc1ccnc(Cc2ccccc2)c1. The van der Waals surface area contributed by atoms with Crippen LogP contribution in [0.15, 0.2) is 77.8 Å². The van der Waals surface area contributed by atoms with E-state index in [9.17, 15) is 22.8 Å². The molecule has 1 aliphatic rings. The molecule has 0 radical (unpaired) electrons. The zero-order chi connectivity index (χ0) is 25.9. The number of halogens is 3. The number of ketones is 1. The summed E-state index contributed by atoms with van der Waals surface area (Å²) in [7, 11) is 0. The molecule has 4 rings (SSSR count). The molecule has 5 nitrogen and oxygen atoms in total. The van der Waals surface area contributed by atoms with Crippen LogP contribution in [-0.4, -0.2) is 45.7 Å². The Morgan fingerprint density at radius 3 is 2.42 bits per heavy atom. The second-order valence-corrected chi connectivity index (χ2v) is 10.4. The van der Waals surface area contributed by atoms with E-state index in [-0.39, 0.29) is 16.7 Å². The van der Waals surface area contributed by atoms with Gasteiger partial charge in [-0.05, 0) is 73.1 Å². The van der Waals surface area contributed by atoms with Crippen LogP contribution in [0.25, 0.3) is 0 Å². The number of thioether (sulfide) groups is 1. The van der Waals surface area contributed by atoms with Crippen molar-refractivity contribution in [1.29, 1.82) is 0 Å². The summed E-state index contributed by atoms with van der Waals surface area (Å²) >= 11 is -0.190. The van der Waals surface area contributed by atoms with Crippen molar-refractivity contribution in [3.63, 3.8) is 0 Å². The second kappa shape index (κ2) is 10.4. The number of pyridine rings is 1. The highest BCUT2D eigenvalue weighted by molar-refractivity contribution is 8.00. The Kier molecular flexibility index (Phi) is 7.51. The second-order valence-electron chi connectivity index (χ2n) is 9.25. The molecule has 1 unspecified atom stereocenters. The molecular weight excluding hydrogens is 487 g/mol. The molecule has 0 aliphatic carbocycles. The first-order valence-corrected chi connectivity index (χ1v) is 12.2. The van der Waals surface area contributed by atoms with Crippen LogP contribution >= 0.6 is 11.8 Å². The number of anilines is 1. The number of carbonyl (C=O) groups is 2. The normalized spacial score (nSPS) is 17.8. The molecule has 0 saturated carbocycles. The van der Waals surface area contributed by atoms with Gasteiger partial charge in [0.25, 0.3) is 0 Å². The van der Waals surface area contributed by atoms with Crippen LogP contribution in [0.5, 0.6) is 0 Å². The van der Waals surface area contributed by atoms with Crippen molar-refractivity contribution in [2.45, 2.75) is 48.8 Å². The van der Waals surface area contributed by atoms with Crippen molar-refractivity contribution < 1.29 is 22.8 Å². The van der Waals surface area contributed by atoms with E-state index >= 15 is 0 Å². The van der Waals surface area contributed by atoms with E-state index < -0.39 is 22.9 Å². The van der Waals surface area contributed by atoms with Crippen LogP contribution in [-0.2, 0) is 22.6 Å². The van der Waals surface area contributed by atoms with Gasteiger partial charge in [-0.15, -0.1) is 0 Å². The molecule has 1 fully saturated rings. The van der Waals surface area contributed by atoms with Gasteiger partial charge in [0.05, 0.1) is 6.67 Å². The van der Waals surface area contributed by atoms with Crippen LogP contribution in [0.3, 0.4) is 0 Å². The van der Waals surface area contributed by atoms with Crippen molar-refractivity contribution in [2.24, 2.45) is 0 Å². The summed E-state index contributed by atoms with van der Waals surface area (Å²) in [5, 5.41) is 0. The number of carbonyl (C=O) groups excluding carboxylic acids is 2. The molecule has 1 aliphatic heterocycles. The molecular formula is C27H26F3N3O2S. The van der Waals surface area contributed by atoms with Crippen LogP contribution in [0.1, 0.15) is 30.7 Å². The minimum atomic E-state index is -4.38. The van der Waals surface area contributed by atoms with Crippen molar-refractivity contribution in [1.82, 2.24) is 9.88 Å². The van der Waals surface area contributed by atoms with Gasteiger partial charge in [0, 0.05) is 41.0 Å². The third-order valence-electron chi connectivity index (χ3n) is 6.39. The molecule has 0 N–H and O–H groups in total. The number of alkyl halides is 3. The molecule has 1 aromatic heterocycles. The van der Waals surface area contributed by atoms with Crippen LogP contribution in [0, 0.1) is 0 Å². The first-order chi connectivity index (χ1) is 17.1. The molecule has 0 bridgehead atoms. The van der Waals surface area contributed by atoms with E-state index in [1.165, 1.54) is 12.1 Å². The molecule has 188 valence electrons. The third kappa shape index (κ3) is 5.96. The number of hydrogen-bond donors (Lipinski definition) is 0. The van der Waals surface area contributed by atoms with Gasteiger partial charge in [-0.2, -0.15) is 13.2 Å². The van der Waals surface area contributed by atoms with Gasteiger partial charge >= 0.3 is 5.51 Å². The molecule has 1 atom stereocenters. The van der Waals surface area contributed by atoms with E-state index in [0.717, 1.165) is 16.8 Å². The summed E-state index contributed by atoms with van der Waals surface area (Å²) in [6.07, 6.45) is 2.78. The molecule has 3 aromatic rings. The fourth-order valence-corrected chi connectivity index (χ4v) is 5.18. The van der Waals surface area contributed by atoms with Gasteiger partial charge in [0.15, 0.2) is 6.29 Å². The average Bonchev–Trinajstić information content (AvgIpc) is 3.09. The maximum Gasteiger partial charge on any atom is 0.446 e. The van der Waals surface area contributed by atoms with Gasteiger partial charge in [0.1, 0.15) is 6.04 Å². The first-order valence-electron chi connectivity index (χ1n) is 11.4. The van der Waals surface area contributed by atoms with E-state index in [1.54, 1.807) is 23.2 Å². The molecule has 2 aromatic carbocycles. The van der Waals surface area contributed by atoms with Crippen molar-refractivity contribution >= 4 is 29.5 Å². The number of nitrogens with zero attached hydrogens (tertiary/aromatic N) is 3. The van der Waals surface area contributed by atoms with Gasteiger partial charge in [-0.1, -0.05) is 30.3 Å². The van der Waals surface area contributed by atoms with E-state index in [4.69, 9.17) is 0 Å². The zero-order valence-corrected chi connectivity index (χ0v) is 20.7. The molecule has 0 amide bonds. The standard InChI is InChI=1S/C27H26F3N3O2S/c1-26(2)25(24(35)17-34)33(22-8-10-23(11-9-22)36-27(28,29)30)18-32(26)16-20-12-13-31-21(15-20)14-19-6-4-3-5-7-19/h3-13,15,17,25H,14,16,18H2,1-2H3. The molecule has 2 heterocycles. The number of rotatable bonds is 8. The monoisotopic (exact) mass is 513 g/mol. The predicted molar refractivity (Wildman–Crippen MR) is 134 cm³/mol. The minimum Gasteiger partial charge on any atom is -0.346 e. The van der Waals surface area contributed by atoms with Crippen LogP contribution in [0.4, 0.5) is 18.9 Å². The van der Waals surface area contributed by atoms with Crippen LogP contribution in [0.2, 0.25) is 0 Å². The predicted octanol–water partition coefficient (Wildman–Crippen LogP) is 5.48. The topological polar surface area (TPSA) is 53.5 Å². The lowest BCUT2D eigenvalue weighted by molar-refractivity contribution is -0.131. The molecule has 1 saturated heterocycles. The Balaban J connectivity index is 1.57. The maximum absolute atomic E-state index is 12.7. The average molecular weight is 514 g/mol. The van der Waals surface area contributed by atoms with Crippen molar-refractivity contribution in [3.8, 4) is 0 Å². The minimum absolute atomic E-state index is 0.0579. The Bertz CT molecular complexity index is 1220. The number of Topliss-reactive ketones (excluding diaryl/α,β-unsaturated/α-hetero) is 1. The maximum atomic E-state index is 12.7. The van der Waals surface area contributed by atoms with Gasteiger partial charge in [0.2, 0.25) is 5.78 Å². The fourth-order valence-electron chi connectivity index (χ4n) is 4.64. The largest absolute Gasteiger partial charge is 0.446 e. The lowest BCUT2D eigenvalue weighted by Gasteiger charge is -2.34. The molecule has 9 heteroatoms. The summed E-state index contributed by atoms with van der Waals surface area (Å²) in [6, 6.07) is 19.1. The van der Waals surface area contributed by atoms with Gasteiger partial charge < -0.3 is 4.90 Å². The Morgan fingerprint density at radius 2 is 1.78 bits per heavy atom. The lowest BCUT2D eigenvalue weighted by atomic mass is 9.90. The van der Waals surface area contributed by atoms with Gasteiger partial charge in [-0.3, -0.25) is 19.5 Å². The number of benzene rings is 2. The van der Waals surface area contributed by atoms with E-state index in [0.29, 0.717) is 31.6 Å². The lowest BCUT2D eigenvalue weighted by Crippen LogP contribution is -2.51. The van der Waals surface area contributed by atoms with Gasteiger partial charge in [-0.25, -0.2) is 0 Å². The first kappa shape index (κ1) is 25.9. The van der Waals surface area contributed by atoms with Crippen LogP contribution < -0.4 is 4.90 Å². The van der Waals surface area contributed by atoms with Crippen molar-refractivity contribution in [3.05, 3.63) is 89.7 Å². The number of aldehydes is 1. The fraction of sp³-hybridized carbons (Fsp3) is 0.296. The smallest absolute Gasteiger partial charge is 0.346 e. The summed E-state index contributed by atoms with van der Waals surface area (Å²) in [6.45, 7) is 4.65. The Morgan fingerprint density at radius 1 is 1.08 bits per heavy atom. The summed E-state index contributed by atoms with van der Waals surface area (Å²) in [5.41, 5.74) is -1.42.